The van der Waals surface area contributed by atoms with Gasteiger partial charge in [0.05, 0.1) is 11.6 Å². The van der Waals surface area contributed by atoms with Gasteiger partial charge in [-0.15, -0.1) is 0 Å². The molecule has 1 aliphatic heterocycles. The number of halogens is 1. The fourth-order valence-corrected chi connectivity index (χ4v) is 1.70. The summed E-state index contributed by atoms with van der Waals surface area (Å²) < 4.78 is 14.7. The van der Waals surface area contributed by atoms with Crippen LogP contribution in [-0.4, -0.2) is 30.3 Å². The first-order valence-electron chi connectivity index (χ1n) is 5.08. The highest BCUT2D eigenvalue weighted by Crippen LogP contribution is 2.44. The fraction of sp³-hybridized carbons (Fsp3) is 0.273. The van der Waals surface area contributed by atoms with Crippen LogP contribution in [0.1, 0.15) is 17.3 Å². The van der Waals surface area contributed by atoms with Crippen molar-refractivity contribution in [2.75, 3.05) is 13.4 Å². The van der Waals surface area contributed by atoms with Gasteiger partial charge in [0.2, 0.25) is 6.79 Å². The Bertz CT molecular complexity index is 525. The SMILES string of the molecule is CCOC(=O)C(=O)c1c(O)c(Cl)cc2c1OCO2. The molecule has 96 valence electrons. The number of ether oxygens (including phenoxy) is 3. The van der Waals surface area contributed by atoms with E-state index in [4.69, 9.17) is 21.1 Å². The number of phenolic OH excluding ortho intramolecular Hbond substituents is 1. The summed E-state index contributed by atoms with van der Waals surface area (Å²) in [5.41, 5.74) is -0.339. The number of esters is 1. The van der Waals surface area contributed by atoms with Gasteiger partial charge < -0.3 is 19.3 Å². The quantitative estimate of drug-likeness (QED) is 0.510. The zero-order chi connectivity index (χ0) is 13.3. The number of hydrogen-bond acceptors (Lipinski definition) is 6. The molecule has 0 spiro atoms. The Morgan fingerprint density at radius 2 is 2.22 bits per heavy atom. The number of carbonyl (C=O) groups excluding carboxylic acids is 2. The van der Waals surface area contributed by atoms with E-state index in [0.717, 1.165) is 0 Å². The monoisotopic (exact) mass is 272 g/mol. The lowest BCUT2D eigenvalue weighted by molar-refractivity contribution is -0.137. The number of aromatic hydroxyl groups is 1. The number of phenols is 1. The van der Waals surface area contributed by atoms with Gasteiger partial charge in [-0.1, -0.05) is 11.6 Å². The van der Waals surface area contributed by atoms with Gasteiger partial charge >= 0.3 is 5.97 Å². The number of benzene rings is 1. The second kappa shape index (κ2) is 4.73. The van der Waals surface area contributed by atoms with Crippen LogP contribution >= 0.6 is 11.6 Å². The van der Waals surface area contributed by atoms with E-state index in [0.29, 0.717) is 0 Å². The maximum Gasteiger partial charge on any atom is 0.379 e. The minimum atomic E-state index is -1.09. The van der Waals surface area contributed by atoms with Gasteiger partial charge in [-0.05, 0) is 6.92 Å². The summed E-state index contributed by atoms with van der Waals surface area (Å²) in [7, 11) is 0. The highest BCUT2D eigenvalue weighted by Gasteiger charge is 2.32. The van der Waals surface area contributed by atoms with Crippen LogP contribution in [0, 0.1) is 0 Å². The van der Waals surface area contributed by atoms with E-state index in [-0.39, 0.29) is 35.5 Å². The molecule has 0 saturated carbocycles. The van der Waals surface area contributed by atoms with Crippen molar-refractivity contribution in [2.24, 2.45) is 0 Å². The van der Waals surface area contributed by atoms with E-state index < -0.39 is 17.5 Å². The van der Waals surface area contributed by atoms with Crippen LogP contribution < -0.4 is 9.47 Å². The summed E-state index contributed by atoms with van der Waals surface area (Å²) in [6, 6.07) is 1.31. The lowest BCUT2D eigenvalue weighted by atomic mass is 10.1. The molecule has 1 N–H and O–H groups in total. The van der Waals surface area contributed by atoms with E-state index in [1.807, 2.05) is 0 Å². The van der Waals surface area contributed by atoms with Gasteiger partial charge in [-0.25, -0.2) is 4.79 Å². The molecule has 0 unspecified atom stereocenters. The lowest BCUT2D eigenvalue weighted by Crippen LogP contribution is -2.18. The molecule has 1 aliphatic rings. The van der Waals surface area contributed by atoms with Crippen molar-refractivity contribution in [3.05, 3.63) is 16.7 Å². The minimum Gasteiger partial charge on any atom is -0.505 e. The molecule has 0 aromatic heterocycles. The van der Waals surface area contributed by atoms with Crippen molar-refractivity contribution in [2.45, 2.75) is 6.92 Å². The average Bonchev–Trinajstić information content (AvgIpc) is 2.77. The Hall–Kier alpha value is -1.95. The van der Waals surface area contributed by atoms with Crippen LogP contribution in [0.3, 0.4) is 0 Å². The Labute approximate surface area is 107 Å². The van der Waals surface area contributed by atoms with Crippen molar-refractivity contribution < 1.29 is 28.9 Å². The molecule has 0 aliphatic carbocycles. The zero-order valence-electron chi connectivity index (χ0n) is 9.36. The minimum absolute atomic E-state index is 0.00467. The first-order valence-corrected chi connectivity index (χ1v) is 5.46. The number of hydrogen-bond donors (Lipinski definition) is 1. The summed E-state index contributed by atoms with van der Waals surface area (Å²) in [6.45, 7) is 1.50. The Morgan fingerprint density at radius 1 is 1.50 bits per heavy atom. The first-order chi connectivity index (χ1) is 8.56. The zero-order valence-corrected chi connectivity index (χ0v) is 10.1. The summed E-state index contributed by atoms with van der Waals surface area (Å²) in [5.74, 6) is -2.45. The van der Waals surface area contributed by atoms with Crippen molar-refractivity contribution in [3.8, 4) is 17.2 Å². The molecule has 0 bridgehead atoms. The molecule has 6 nitrogen and oxygen atoms in total. The lowest BCUT2D eigenvalue weighted by Gasteiger charge is -2.08. The fourth-order valence-electron chi connectivity index (χ4n) is 1.51. The Kier molecular flexibility index (Phi) is 3.29. The van der Waals surface area contributed by atoms with Crippen LogP contribution in [-0.2, 0) is 9.53 Å². The molecule has 0 fully saturated rings. The van der Waals surface area contributed by atoms with E-state index in [9.17, 15) is 14.7 Å². The van der Waals surface area contributed by atoms with Crippen molar-refractivity contribution in [1.29, 1.82) is 0 Å². The molecule has 1 aromatic rings. The number of carbonyl (C=O) groups is 2. The van der Waals surface area contributed by atoms with Crippen molar-refractivity contribution in [1.82, 2.24) is 0 Å². The number of fused-ring (bicyclic) bond motifs is 1. The van der Waals surface area contributed by atoms with Crippen molar-refractivity contribution in [3.63, 3.8) is 0 Å². The predicted molar refractivity (Wildman–Crippen MR) is 60.2 cm³/mol. The molecule has 18 heavy (non-hydrogen) atoms. The highest BCUT2D eigenvalue weighted by molar-refractivity contribution is 6.43. The highest BCUT2D eigenvalue weighted by atomic mass is 35.5. The Balaban J connectivity index is 2.50. The molecule has 0 saturated heterocycles. The van der Waals surface area contributed by atoms with Crippen LogP contribution in [0.15, 0.2) is 6.07 Å². The third-order valence-corrected chi connectivity index (χ3v) is 2.57. The third kappa shape index (κ3) is 1.95. The molecule has 1 aromatic carbocycles. The first kappa shape index (κ1) is 12.5. The van der Waals surface area contributed by atoms with Gasteiger partial charge in [-0.2, -0.15) is 0 Å². The van der Waals surface area contributed by atoms with Crippen LogP contribution in [0.2, 0.25) is 5.02 Å². The van der Waals surface area contributed by atoms with Gasteiger partial charge in [0.15, 0.2) is 11.5 Å². The van der Waals surface area contributed by atoms with Gasteiger partial charge in [0.1, 0.15) is 11.3 Å². The van der Waals surface area contributed by atoms with E-state index >= 15 is 0 Å². The second-order valence-electron chi connectivity index (χ2n) is 3.37. The van der Waals surface area contributed by atoms with Crippen molar-refractivity contribution >= 4 is 23.4 Å². The Morgan fingerprint density at radius 3 is 2.89 bits per heavy atom. The second-order valence-corrected chi connectivity index (χ2v) is 3.77. The molecule has 7 heteroatoms. The third-order valence-electron chi connectivity index (χ3n) is 2.28. The molecule has 2 rings (SSSR count). The van der Waals surface area contributed by atoms with Crippen LogP contribution in [0.5, 0.6) is 17.2 Å². The summed E-state index contributed by atoms with van der Waals surface area (Å²) in [5, 5.41) is 9.65. The maximum atomic E-state index is 11.8. The van der Waals surface area contributed by atoms with E-state index in [2.05, 4.69) is 4.74 Å². The van der Waals surface area contributed by atoms with E-state index in [1.54, 1.807) is 6.92 Å². The van der Waals surface area contributed by atoms with Gasteiger partial charge in [0, 0.05) is 6.07 Å². The number of ketones is 1. The smallest absolute Gasteiger partial charge is 0.379 e. The van der Waals surface area contributed by atoms with Crippen LogP contribution in [0.25, 0.3) is 0 Å². The predicted octanol–water partition coefficient (Wildman–Crippen LogP) is 1.52. The normalized spacial score (nSPS) is 12.3. The number of Topliss-reactive ketones (excluding diaryl/α,β-unsaturated/α-hetero) is 1. The molecule has 1 heterocycles. The van der Waals surface area contributed by atoms with Gasteiger partial charge in [0.25, 0.3) is 5.78 Å². The molecular formula is C11H9ClO6. The topological polar surface area (TPSA) is 82.1 Å². The summed E-state index contributed by atoms with van der Waals surface area (Å²) in [4.78, 5) is 23.2. The van der Waals surface area contributed by atoms with Gasteiger partial charge in [-0.3, -0.25) is 4.79 Å². The molecular weight excluding hydrogens is 264 g/mol. The van der Waals surface area contributed by atoms with Crippen LogP contribution in [0.4, 0.5) is 0 Å². The maximum absolute atomic E-state index is 11.8. The molecule has 0 amide bonds. The summed E-state index contributed by atoms with van der Waals surface area (Å²) >= 11 is 5.73. The number of rotatable bonds is 3. The standard InChI is InChI=1S/C11H9ClO6/c1-2-16-11(15)9(14)7-8(13)5(12)3-6-10(7)18-4-17-6/h3,13H,2,4H2,1H3. The molecule has 0 atom stereocenters. The largest absolute Gasteiger partial charge is 0.505 e. The molecule has 0 radical (unpaired) electrons. The average molecular weight is 273 g/mol. The summed E-state index contributed by atoms with van der Waals surface area (Å²) in [6.07, 6.45) is 0. The van der Waals surface area contributed by atoms with E-state index in [1.165, 1.54) is 6.07 Å².